The van der Waals surface area contributed by atoms with E-state index in [0.717, 1.165) is 25.0 Å². The van der Waals surface area contributed by atoms with Gasteiger partial charge >= 0.3 is 0 Å². The average molecular weight is 370 g/mol. The fourth-order valence-corrected chi connectivity index (χ4v) is 3.05. The molecule has 0 aliphatic heterocycles. The van der Waals surface area contributed by atoms with Gasteiger partial charge in [-0.2, -0.15) is 5.10 Å². The van der Waals surface area contributed by atoms with Crippen LogP contribution in [0.3, 0.4) is 0 Å². The molecule has 130 valence electrons. The fourth-order valence-electron chi connectivity index (χ4n) is 2.59. The highest BCUT2D eigenvalue weighted by atomic mass is 35.5. The lowest BCUT2D eigenvalue weighted by molar-refractivity contribution is -0.124. The summed E-state index contributed by atoms with van der Waals surface area (Å²) in [6, 6.07) is 4.81. The minimum absolute atomic E-state index is 0.0616. The Kier molecular flexibility index (Phi) is 7.06. The summed E-state index contributed by atoms with van der Waals surface area (Å²) in [5, 5.41) is 7.68. The second-order valence-electron chi connectivity index (χ2n) is 6.09. The van der Waals surface area contributed by atoms with E-state index >= 15 is 0 Å². The van der Waals surface area contributed by atoms with Gasteiger partial charge < -0.3 is 5.32 Å². The minimum atomic E-state index is -0.284. The van der Waals surface area contributed by atoms with Crippen molar-refractivity contribution in [3.05, 3.63) is 28.2 Å². The number of amides is 2. The molecule has 0 saturated heterocycles. The number of nitrogens with zero attached hydrogens (tertiary/aromatic N) is 1. The molecule has 2 N–H and O–H groups in total. The van der Waals surface area contributed by atoms with Crippen LogP contribution in [0.5, 0.6) is 0 Å². The Bertz CT molecular complexity index is 647. The van der Waals surface area contributed by atoms with E-state index in [9.17, 15) is 9.59 Å². The molecule has 0 spiro atoms. The average Bonchev–Trinajstić information content (AvgIpc) is 2.54. The number of carbonyl (C=O) groups excluding carboxylic acids is 2. The van der Waals surface area contributed by atoms with E-state index in [1.54, 1.807) is 18.2 Å². The van der Waals surface area contributed by atoms with Crippen LogP contribution in [0.15, 0.2) is 23.3 Å². The summed E-state index contributed by atoms with van der Waals surface area (Å²) in [5.41, 5.74) is 4.04. The molecule has 1 aliphatic rings. The maximum absolute atomic E-state index is 11.9. The number of benzene rings is 1. The van der Waals surface area contributed by atoms with Crippen LogP contribution in [0.4, 0.5) is 5.69 Å². The van der Waals surface area contributed by atoms with Gasteiger partial charge in [-0.05, 0) is 49.8 Å². The lowest BCUT2D eigenvalue weighted by Crippen LogP contribution is -2.23. The Balaban J connectivity index is 1.75. The van der Waals surface area contributed by atoms with Crippen LogP contribution >= 0.6 is 23.2 Å². The standard InChI is InChI=1S/C17H21Cl2N3O2/c1-11-3-2-4-13(9-11)21-22-17(24)8-7-16(23)20-15-6-5-12(18)10-14(15)19/h5-6,10-11H,2-4,7-9H2,1H3,(H,20,23)(H,22,24)/b21-13+. The molecule has 1 fully saturated rings. The molecule has 1 unspecified atom stereocenters. The molecule has 1 aromatic carbocycles. The van der Waals surface area contributed by atoms with Gasteiger partial charge in [0.1, 0.15) is 0 Å². The first-order chi connectivity index (χ1) is 11.4. The first kappa shape index (κ1) is 18.7. The number of hydrogen-bond donors (Lipinski definition) is 2. The van der Waals surface area contributed by atoms with E-state index in [-0.39, 0.29) is 24.7 Å². The SMILES string of the molecule is CC1CCC/C(=N\NC(=O)CCC(=O)Nc2ccc(Cl)cc2Cl)C1. The van der Waals surface area contributed by atoms with Crippen LogP contribution in [0.2, 0.25) is 10.0 Å². The number of halogens is 2. The first-order valence-corrected chi connectivity index (χ1v) is 8.79. The van der Waals surface area contributed by atoms with Crippen molar-refractivity contribution in [2.45, 2.75) is 45.4 Å². The number of rotatable bonds is 5. The second kappa shape index (κ2) is 9.04. The van der Waals surface area contributed by atoms with Crippen LogP contribution in [-0.2, 0) is 9.59 Å². The maximum atomic E-state index is 11.9. The molecule has 0 bridgehead atoms. The zero-order chi connectivity index (χ0) is 17.5. The van der Waals surface area contributed by atoms with E-state index in [2.05, 4.69) is 22.8 Å². The van der Waals surface area contributed by atoms with Gasteiger partial charge in [-0.15, -0.1) is 0 Å². The van der Waals surface area contributed by atoms with Crippen LogP contribution in [-0.4, -0.2) is 17.5 Å². The highest BCUT2D eigenvalue weighted by Gasteiger charge is 2.14. The van der Waals surface area contributed by atoms with Gasteiger partial charge in [-0.1, -0.05) is 30.1 Å². The molecule has 0 radical (unpaired) electrons. The zero-order valence-electron chi connectivity index (χ0n) is 13.6. The molecule has 7 heteroatoms. The molecule has 5 nitrogen and oxygen atoms in total. The summed E-state index contributed by atoms with van der Waals surface area (Å²) in [6.45, 7) is 2.18. The van der Waals surface area contributed by atoms with Crippen LogP contribution in [0.25, 0.3) is 0 Å². The molecule has 0 heterocycles. The van der Waals surface area contributed by atoms with Gasteiger partial charge in [0.25, 0.3) is 0 Å². The van der Waals surface area contributed by atoms with Gasteiger partial charge in [0.2, 0.25) is 11.8 Å². The number of nitrogens with one attached hydrogen (secondary N) is 2. The summed E-state index contributed by atoms with van der Waals surface area (Å²) in [6.07, 6.45) is 4.31. The molecule has 1 aliphatic carbocycles. The first-order valence-electron chi connectivity index (χ1n) is 8.03. The van der Waals surface area contributed by atoms with Crippen molar-refractivity contribution in [3.63, 3.8) is 0 Å². The van der Waals surface area contributed by atoms with Gasteiger partial charge in [0, 0.05) is 23.6 Å². The molecule has 1 saturated carbocycles. The van der Waals surface area contributed by atoms with E-state index < -0.39 is 0 Å². The number of carbonyl (C=O) groups is 2. The van der Waals surface area contributed by atoms with Crippen LogP contribution < -0.4 is 10.7 Å². The molecule has 24 heavy (non-hydrogen) atoms. The summed E-state index contributed by atoms with van der Waals surface area (Å²) in [7, 11) is 0. The maximum Gasteiger partial charge on any atom is 0.240 e. The van der Waals surface area contributed by atoms with Crippen molar-refractivity contribution >= 4 is 46.4 Å². The zero-order valence-corrected chi connectivity index (χ0v) is 15.1. The van der Waals surface area contributed by atoms with E-state index in [4.69, 9.17) is 23.2 Å². The Labute approximate surface area is 151 Å². The van der Waals surface area contributed by atoms with Crippen molar-refractivity contribution in [1.82, 2.24) is 5.43 Å². The Morgan fingerprint density at radius 3 is 2.71 bits per heavy atom. The summed E-state index contributed by atoms with van der Waals surface area (Å²) in [4.78, 5) is 23.7. The molecule has 1 atom stereocenters. The van der Waals surface area contributed by atoms with Crippen molar-refractivity contribution in [2.75, 3.05) is 5.32 Å². The van der Waals surface area contributed by atoms with Gasteiger partial charge in [0.05, 0.1) is 10.7 Å². The summed E-state index contributed by atoms with van der Waals surface area (Å²) < 4.78 is 0. The Hall–Kier alpha value is -1.59. The normalized spacial score (nSPS) is 19.1. The van der Waals surface area contributed by atoms with E-state index in [1.807, 2.05) is 0 Å². The smallest absolute Gasteiger partial charge is 0.240 e. The van der Waals surface area contributed by atoms with E-state index in [1.165, 1.54) is 6.42 Å². The summed E-state index contributed by atoms with van der Waals surface area (Å²) >= 11 is 11.8. The predicted molar refractivity (Wildman–Crippen MR) is 97.5 cm³/mol. The fraction of sp³-hybridized carbons (Fsp3) is 0.471. The third-order valence-electron chi connectivity index (χ3n) is 3.87. The van der Waals surface area contributed by atoms with Gasteiger partial charge in [-0.25, -0.2) is 5.43 Å². The van der Waals surface area contributed by atoms with E-state index in [0.29, 0.717) is 21.7 Å². The molecule has 1 aromatic rings. The van der Waals surface area contributed by atoms with Crippen molar-refractivity contribution < 1.29 is 9.59 Å². The minimum Gasteiger partial charge on any atom is -0.325 e. The molecule has 2 rings (SSSR count). The lowest BCUT2D eigenvalue weighted by atomic mass is 9.89. The van der Waals surface area contributed by atoms with Crippen LogP contribution in [0.1, 0.15) is 45.4 Å². The highest BCUT2D eigenvalue weighted by Crippen LogP contribution is 2.25. The molecule has 2 amide bonds. The largest absolute Gasteiger partial charge is 0.325 e. The second-order valence-corrected chi connectivity index (χ2v) is 6.93. The number of anilines is 1. The topological polar surface area (TPSA) is 70.6 Å². The van der Waals surface area contributed by atoms with Crippen molar-refractivity contribution in [2.24, 2.45) is 11.0 Å². The predicted octanol–water partition coefficient (Wildman–Crippen LogP) is 4.39. The third kappa shape index (κ3) is 6.13. The number of hydrogen-bond acceptors (Lipinski definition) is 3. The quantitative estimate of drug-likeness (QED) is 0.755. The van der Waals surface area contributed by atoms with Crippen molar-refractivity contribution in [1.29, 1.82) is 0 Å². The third-order valence-corrected chi connectivity index (χ3v) is 4.42. The molecular formula is C17H21Cl2N3O2. The van der Waals surface area contributed by atoms with Crippen LogP contribution in [0, 0.1) is 5.92 Å². The Morgan fingerprint density at radius 1 is 1.25 bits per heavy atom. The molecular weight excluding hydrogens is 349 g/mol. The monoisotopic (exact) mass is 369 g/mol. The highest BCUT2D eigenvalue weighted by molar-refractivity contribution is 6.36. The summed E-state index contributed by atoms with van der Waals surface area (Å²) in [5.74, 6) is 0.0655. The lowest BCUT2D eigenvalue weighted by Gasteiger charge is -2.18. The van der Waals surface area contributed by atoms with Gasteiger partial charge in [0.15, 0.2) is 0 Å². The van der Waals surface area contributed by atoms with Gasteiger partial charge in [-0.3, -0.25) is 9.59 Å². The Morgan fingerprint density at radius 2 is 2.00 bits per heavy atom. The molecule has 0 aromatic heterocycles. The van der Waals surface area contributed by atoms with Crippen molar-refractivity contribution in [3.8, 4) is 0 Å². The number of hydrazone groups is 1.